The molecule has 176 valence electrons. The van der Waals surface area contributed by atoms with Crippen molar-refractivity contribution in [3.8, 4) is 11.1 Å². The minimum Gasteiger partial charge on any atom is -0.481 e. The van der Waals surface area contributed by atoms with E-state index in [2.05, 4.69) is 34.9 Å². The fourth-order valence-corrected chi connectivity index (χ4v) is 4.58. The van der Waals surface area contributed by atoms with Gasteiger partial charge in [0.2, 0.25) is 5.91 Å². The van der Waals surface area contributed by atoms with E-state index in [0.29, 0.717) is 18.7 Å². The molecule has 0 saturated heterocycles. The Bertz CT molecular complexity index is 949. The van der Waals surface area contributed by atoms with Gasteiger partial charge in [0.25, 0.3) is 0 Å². The highest BCUT2D eigenvalue weighted by Gasteiger charge is 2.30. The number of fused-ring (bicyclic) bond motifs is 3. The molecule has 2 amide bonds. The number of alkyl carbamates (subject to hydrolysis) is 1. The summed E-state index contributed by atoms with van der Waals surface area (Å²) in [6.45, 7) is 4.46. The molecule has 0 fully saturated rings. The molecule has 0 unspecified atom stereocenters. The van der Waals surface area contributed by atoms with Gasteiger partial charge in [0.05, 0.1) is 5.75 Å². The van der Waals surface area contributed by atoms with E-state index in [0.717, 1.165) is 22.3 Å². The first-order valence-electron chi connectivity index (χ1n) is 11.1. The summed E-state index contributed by atoms with van der Waals surface area (Å²) in [5.74, 6) is -0.572. The highest BCUT2D eigenvalue weighted by molar-refractivity contribution is 7.99. The summed E-state index contributed by atoms with van der Waals surface area (Å²) in [5, 5.41) is 14.1. The molecule has 0 heterocycles. The predicted molar refractivity (Wildman–Crippen MR) is 129 cm³/mol. The molecular formula is C25H30N2O5S. The molecule has 2 aromatic carbocycles. The van der Waals surface area contributed by atoms with Crippen molar-refractivity contribution in [2.24, 2.45) is 5.92 Å². The first kappa shape index (κ1) is 24.6. The Kier molecular flexibility index (Phi) is 8.77. The lowest BCUT2D eigenvalue weighted by atomic mass is 9.98. The Morgan fingerprint density at radius 2 is 1.64 bits per heavy atom. The van der Waals surface area contributed by atoms with Crippen molar-refractivity contribution in [2.45, 2.75) is 32.2 Å². The first-order chi connectivity index (χ1) is 15.9. The lowest BCUT2D eigenvalue weighted by Gasteiger charge is -2.21. The highest BCUT2D eigenvalue weighted by atomic mass is 32.2. The van der Waals surface area contributed by atoms with Crippen LogP contribution in [-0.4, -0.2) is 53.8 Å². The van der Waals surface area contributed by atoms with Crippen LogP contribution in [0.5, 0.6) is 0 Å². The Morgan fingerprint density at radius 1 is 1.03 bits per heavy atom. The van der Waals surface area contributed by atoms with Crippen LogP contribution < -0.4 is 10.6 Å². The monoisotopic (exact) mass is 470 g/mol. The number of nitrogens with one attached hydrogen (secondary N) is 2. The molecule has 0 aromatic heterocycles. The molecule has 0 radical (unpaired) electrons. The average molecular weight is 471 g/mol. The molecule has 2 aromatic rings. The van der Waals surface area contributed by atoms with Crippen molar-refractivity contribution >= 4 is 29.7 Å². The topological polar surface area (TPSA) is 105 Å². The average Bonchev–Trinajstić information content (AvgIpc) is 3.10. The summed E-state index contributed by atoms with van der Waals surface area (Å²) in [4.78, 5) is 35.8. The second-order valence-corrected chi connectivity index (χ2v) is 9.49. The maximum atomic E-state index is 12.6. The predicted octanol–water partition coefficient (Wildman–Crippen LogP) is 3.87. The SMILES string of the molecule is CC(C)C[C@@H](NC(=O)OCC1c2ccccc2-c2ccccc21)C(=O)NCCSCC(=O)O. The molecule has 0 bridgehead atoms. The number of rotatable bonds is 11. The van der Waals surface area contributed by atoms with Gasteiger partial charge in [-0.15, -0.1) is 11.8 Å². The summed E-state index contributed by atoms with van der Waals surface area (Å²) in [5.41, 5.74) is 4.56. The number of carbonyl (C=O) groups is 3. The number of carbonyl (C=O) groups excluding carboxylic acids is 2. The number of carboxylic acids is 1. The summed E-state index contributed by atoms with van der Waals surface area (Å²) in [6, 6.07) is 15.5. The minimum absolute atomic E-state index is 0.0106. The zero-order valence-corrected chi connectivity index (χ0v) is 19.7. The van der Waals surface area contributed by atoms with Gasteiger partial charge < -0.3 is 20.5 Å². The van der Waals surface area contributed by atoms with Gasteiger partial charge in [0.15, 0.2) is 0 Å². The number of ether oxygens (including phenoxy) is 1. The summed E-state index contributed by atoms with van der Waals surface area (Å²) >= 11 is 1.23. The molecule has 3 N–H and O–H groups in total. The van der Waals surface area contributed by atoms with E-state index in [1.807, 2.05) is 38.1 Å². The Morgan fingerprint density at radius 3 is 2.21 bits per heavy atom. The quantitative estimate of drug-likeness (QED) is 0.431. The van der Waals surface area contributed by atoms with E-state index in [1.165, 1.54) is 11.8 Å². The van der Waals surface area contributed by atoms with Gasteiger partial charge in [-0.2, -0.15) is 0 Å². The van der Waals surface area contributed by atoms with Crippen LogP contribution in [0.25, 0.3) is 11.1 Å². The van der Waals surface area contributed by atoms with Crippen molar-refractivity contribution < 1.29 is 24.2 Å². The molecule has 0 spiro atoms. The number of amides is 2. The first-order valence-corrected chi connectivity index (χ1v) is 12.2. The van der Waals surface area contributed by atoms with Crippen LogP contribution in [0.15, 0.2) is 48.5 Å². The standard InChI is InChI=1S/C25H30N2O5S/c1-16(2)13-22(24(30)26-11-12-33-15-23(28)29)27-25(31)32-14-21-19-9-5-3-7-17(19)18-8-4-6-10-20(18)21/h3-10,16,21-22H,11-15H2,1-2H3,(H,26,30)(H,27,31)(H,28,29)/t22-/m1/s1. The van der Waals surface area contributed by atoms with Gasteiger partial charge in [0.1, 0.15) is 12.6 Å². The minimum atomic E-state index is -0.888. The number of aliphatic carboxylic acids is 1. The summed E-state index contributed by atoms with van der Waals surface area (Å²) < 4.78 is 5.57. The van der Waals surface area contributed by atoms with Crippen molar-refractivity contribution in [1.29, 1.82) is 0 Å². The number of benzene rings is 2. The fraction of sp³-hybridized carbons (Fsp3) is 0.400. The maximum absolute atomic E-state index is 12.6. The fourth-order valence-electron chi connectivity index (χ4n) is 4.01. The van der Waals surface area contributed by atoms with Crippen LogP contribution in [0.3, 0.4) is 0 Å². The number of thioether (sulfide) groups is 1. The van der Waals surface area contributed by atoms with Gasteiger partial charge in [-0.05, 0) is 34.6 Å². The van der Waals surface area contributed by atoms with Crippen LogP contribution >= 0.6 is 11.8 Å². The van der Waals surface area contributed by atoms with Gasteiger partial charge in [-0.3, -0.25) is 9.59 Å². The number of hydrogen-bond donors (Lipinski definition) is 3. The highest BCUT2D eigenvalue weighted by Crippen LogP contribution is 2.44. The summed E-state index contributed by atoms with van der Waals surface area (Å²) in [6.07, 6.45) is -0.156. The maximum Gasteiger partial charge on any atom is 0.407 e. The van der Waals surface area contributed by atoms with Crippen LogP contribution in [0, 0.1) is 5.92 Å². The second-order valence-electron chi connectivity index (χ2n) is 8.39. The zero-order valence-electron chi connectivity index (χ0n) is 18.9. The Balaban J connectivity index is 1.56. The molecule has 1 atom stereocenters. The third-order valence-corrected chi connectivity index (χ3v) is 6.37. The largest absolute Gasteiger partial charge is 0.481 e. The molecular weight excluding hydrogens is 440 g/mol. The Hall–Kier alpha value is -3.00. The molecule has 7 nitrogen and oxygen atoms in total. The Labute approximate surface area is 198 Å². The van der Waals surface area contributed by atoms with Crippen LogP contribution in [0.2, 0.25) is 0 Å². The lowest BCUT2D eigenvalue weighted by molar-refractivity contribution is -0.133. The molecule has 0 aliphatic heterocycles. The zero-order chi connectivity index (χ0) is 23.8. The third-order valence-electron chi connectivity index (χ3n) is 5.43. The number of hydrogen-bond acceptors (Lipinski definition) is 5. The van der Waals surface area contributed by atoms with Crippen molar-refractivity contribution in [1.82, 2.24) is 10.6 Å². The van der Waals surface area contributed by atoms with Gasteiger partial charge in [-0.1, -0.05) is 62.4 Å². The van der Waals surface area contributed by atoms with Crippen molar-refractivity contribution in [2.75, 3.05) is 24.7 Å². The number of carboxylic acid groups (broad SMARTS) is 1. The van der Waals surface area contributed by atoms with E-state index < -0.39 is 18.1 Å². The van der Waals surface area contributed by atoms with Gasteiger partial charge in [0, 0.05) is 18.2 Å². The van der Waals surface area contributed by atoms with E-state index >= 15 is 0 Å². The van der Waals surface area contributed by atoms with E-state index in [-0.39, 0.29) is 30.1 Å². The van der Waals surface area contributed by atoms with Gasteiger partial charge >= 0.3 is 12.1 Å². The van der Waals surface area contributed by atoms with Crippen molar-refractivity contribution in [3.63, 3.8) is 0 Å². The van der Waals surface area contributed by atoms with E-state index in [1.54, 1.807) is 0 Å². The summed E-state index contributed by atoms with van der Waals surface area (Å²) in [7, 11) is 0. The van der Waals surface area contributed by atoms with Crippen LogP contribution in [-0.2, 0) is 14.3 Å². The second kappa shape index (κ2) is 11.7. The lowest BCUT2D eigenvalue weighted by Crippen LogP contribution is -2.48. The van der Waals surface area contributed by atoms with E-state index in [4.69, 9.17) is 9.84 Å². The van der Waals surface area contributed by atoms with Crippen LogP contribution in [0.1, 0.15) is 37.3 Å². The molecule has 1 aliphatic carbocycles. The molecule has 8 heteroatoms. The normalized spacial score (nSPS) is 13.2. The molecule has 0 saturated carbocycles. The van der Waals surface area contributed by atoms with Gasteiger partial charge in [-0.25, -0.2) is 4.79 Å². The molecule has 1 aliphatic rings. The molecule has 3 rings (SSSR count). The van der Waals surface area contributed by atoms with Crippen LogP contribution in [0.4, 0.5) is 4.79 Å². The van der Waals surface area contributed by atoms with Crippen molar-refractivity contribution in [3.05, 3.63) is 59.7 Å². The third kappa shape index (κ3) is 6.74. The van der Waals surface area contributed by atoms with E-state index in [9.17, 15) is 14.4 Å². The molecule has 33 heavy (non-hydrogen) atoms. The smallest absolute Gasteiger partial charge is 0.407 e.